The number of hydrogen-bond acceptors (Lipinski definition) is 17. The number of piperidine rings is 1. The molecule has 5 aliphatic heterocycles. The molecule has 2 bridgehead atoms. The average molecular weight is 1250 g/mol. The number of pyridine rings is 1. The number of carbonyl (C=O) groups excluding carboxylic acids is 3. The zero-order chi connectivity index (χ0) is 64.2. The number of benzene rings is 3. The highest BCUT2D eigenvalue weighted by molar-refractivity contribution is 6.03. The third-order valence-electron chi connectivity index (χ3n) is 18.6. The van der Waals surface area contributed by atoms with Crippen LogP contribution in [0.15, 0.2) is 77.6 Å². The van der Waals surface area contributed by atoms with Gasteiger partial charge in [0, 0.05) is 115 Å². The third kappa shape index (κ3) is 12.9. The molecule has 0 saturated carbocycles. The molecule has 3 amide bonds. The van der Waals surface area contributed by atoms with Gasteiger partial charge in [-0.2, -0.15) is 15.1 Å². The lowest BCUT2D eigenvalue weighted by molar-refractivity contribution is -0.141. The van der Waals surface area contributed by atoms with Crippen molar-refractivity contribution in [3.63, 3.8) is 0 Å². The van der Waals surface area contributed by atoms with Gasteiger partial charge in [0.05, 0.1) is 40.9 Å². The maximum atomic E-state index is 17.4. The highest BCUT2D eigenvalue weighted by atomic mass is 19.1. The number of aromatic hydroxyl groups is 1. The van der Waals surface area contributed by atoms with Gasteiger partial charge >= 0.3 is 12.1 Å². The average Bonchev–Trinajstić information content (AvgIpc) is 1.57. The number of anilines is 2. The summed E-state index contributed by atoms with van der Waals surface area (Å²) in [6, 6.07) is 15.2. The molecule has 3 N–H and O–H groups in total. The molecule has 21 nitrogen and oxygen atoms in total. The molecule has 24 heteroatoms. The van der Waals surface area contributed by atoms with Crippen LogP contribution in [-0.2, 0) is 21.4 Å². The molecular formula is C67H78F3N13O8. The number of halogens is 3. The summed E-state index contributed by atoms with van der Waals surface area (Å²) in [5.41, 5.74) is 0.346. The van der Waals surface area contributed by atoms with Crippen LogP contribution >= 0.6 is 0 Å². The van der Waals surface area contributed by atoms with E-state index in [1.165, 1.54) is 35.4 Å². The topological polar surface area (TPSA) is 224 Å². The minimum Gasteiger partial charge on any atom is -0.508 e. The van der Waals surface area contributed by atoms with Crippen molar-refractivity contribution in [3.05, 3.63) is 102 Å². The number of ether oxygens (including phenoxy) is 2. The second kappa shape index (κ2) is 25.3. The fraction of sp³-hybridized carbons (Fsp3) is 0.493. The molecule has 0 spiro atoms. The van der Waals surface area contributed by atoms with Crippen molar-refractivity contribution in [2.24, 2.45) is 13.0 Å². The molecule has 3 aromatic carbocycles. The van der Waals surface area contributed by atoms with E-state index in [0.717, 1.165) is 29.7 Å². The molecule has 9 heterocycles. The second-order valence-electron chi connectivity index (χ2n) is 26.4. The van der Waals surface area contributed by atoms with Crippen molar-refractivity contribution in [1.29, 1.82) is 0 Å². The van der Waals surface area contributed by atoms with Gasteiger partial charge in [-0.25, -0.2) is 18.0 Å². The van der Waals surface area contributed by atoms with Crippen molar-refractivity contribution < 1.29 is 51.8 Å². The van der Waals surface area contributed by atoms with Gasteiger partial charge in [-0.3, -0.25) is 34.0 Å². The lowest BCUT2D eigenvalue weighted by atomic mass is 9.91. The first kappa shape index (κ1) is 62.7. The molecule has 7 aromatic rings. The Hall–Kier alpha value is -8.53. The number of rotatable bonds is 16. The summed E-state index contributed by atoms with van der Waals surface area (Å²) in [6.07, 6.45) is 9.88. The van der Waals surface area contributed by atoms with Crippen LogP contribution in [0.1, 0.15) is 102 Å². The van der Waals surface area contributed by atoms with Gasteiger partial charge in [0.25, 0.3) is 0 Å². The third-order valence-corrected chi connectivity index (χ3v) is 18.6. The van der Waals surface area contributed by atoms with Crippen LogP contribution in [0.3, 0.4) is 0 Å². The van der Waals surface area contributed by atoms with Crippen LogP contribution in [0.25, 0.3) is 44.2 Å². The Bertz CT molecular complexity index is 3890. The van der Waals surface area contributed by atoms with Gasteiger partial charge in [0.2, 0.25) is 11.8 Å². The Labute approximate surface area is 526 Å². The summed E-state index contributed by atoms with van der Waals surface area (Å²) in [6.45, 7) is 15.9. The van der Waals surface area contributed by atoms with E-state index in [1.54, 1.807) is 21.8 Å². The number of hydrogen-bond donors (Lipinski definition) is 3. The summed E-state index contributed by atoms with van der Waals surface area (Å²) in [4.78, 5) is 67.4. The summed E-state index contributed by atoms with van der Waals surface area (Å²) < 4.78 is 69.1. The molecule has 12 rings (SSSR count). The monoisotopic (exact) mass is 1250 g/mol. The van der Waals surface area contributed by atoms with Crippen LogP contribution in [0.2, 0.25) is 0 Å². The summed E-state index contributed by atoms with van der Waals surface area (Å²) in [5.74, 6) is 0.255. The Morgan fingerprint density at radius 2 is 1.64 bits per heavy atom. The number of β-amino-alcohol motifs (C(OH)–C–C–N with tert-alkyl or cyclic N) is 1. The van der Waals surface area contributed by atoms with Crippen LogP contribution < -0.4 is 19.9 Å². The SMILES string of the molecule is C#Cc1c(F)ccc2cc(O)cc(-c3ncc4c(N5CC6CCC(C5)N6C(=O)OC(C)(C)C)nc(OCCN5CCC(F)(CN6CCN(c7cc([C@@H](C(=O)N8C[C@H](O)C[C@H]8C(=O)N[C@@H](C)c8ccc(-c9ccnn9C)cc8)C(C)C)on7)CC6)CC5)nc4c3F)c12. The second-order valence-corrected chi connectivity index (χ2v) is 26.4. The Morgan fingerprint density at radius 1 is 0.912 bits per heavy atom. The number of aliphatic hydroxyl groups is 1. The number of aromatic nitrogens is 6. The van der Waals surface area contributed by atoms with E-state index in [1.807, 2.05) is 83.8 Å². The van der Waals surface area contributed by atoms with Crippen LogP contribution in [0.4, 0.5) is 29.6 Å². The van der Waals surface area contributed by atoms with E-state index in [0.29, 0.717) is 94.5 Å². The van der Waals surface area contributed by atoms with Crippen LogP contribution in [0, 0.1) is 29.9 Å². The van der Waals surface area contributed by atoms with E-state index in [2.05, 4.69) is 46.2 Å². The first-order valence-electron chi connectivity index (χ1n) is 31.4. The number of aliphatic hydroxyl groups excluding tert-OH is 1. The van der Waals surface area contributed by atoms with E-state index in [9.17, 15) is 24.6 Å². The van der Waals surface area contributed by atoms with Crippen molar-refractivity contribution in [2.45, 2.75) is 121 Å². The lowest BCUT2D eigenvalue weighted by Gasteiger charge is -2.42. The number of piperazine rings is 2. The van der Waals surface area contributed by atoms with Crippen LogP contribution in [-0.4, -0.2) is 192 Å². The zero-order valence-corrected chi connectivity index (χ0v) is 52.4. The molecule has 0 radical (unpaired) electrons. The number of fused-ring (bicyclic) bond motifs is 4. The van der Waals surface area contributed by atoms with Crippen molar-refractivity contribution in [3.8, 4) is 46.6 Å². The van der Waals surface area contributed by atoms with Gasteiger partial charge in [-0.15, -0.1) is 6.42 Å². The number of aryl methyl sites for hydroxylation is 1. The van der Waals surface area contributed by atoms with Crippen molar-refractivity contribution >= 4 is 51.2 Å². The molecule has 5 aliphatic rings. The zero-order valence-electron chi connectivity index (χ0n) is 52.4. The van der Waals surface area contributed by atoms with Crippen molar-refractivity contribution in [2.75, 3.05) is 88.4 Å². The molecule has 5 saturated heterocycles. The fourth-order valence-electron chi connectivity index (χ4n) is 13.9. The van der Waals surface area contributed by atoms with Gasteiger partial charge < -0.3 is 44.2 Å². The number of amides is 3. The normalized spacial score (nSPS) is 21.2. The highest BCUT2D eigenvalue weighted by Gasteiger charge is 2.47. The number of carbonyl (C=O) groups is 3. The summed E-state index contributed by atoms with van der Waals surface area (Å²) in [5, 5.41) is 34.2. The minimum absolute atomic E-state index is 0.0114. The number of phenols is 1. The maximum absolute atomic E-state index is 17.4. The number of phenolic OH excluding ortho intramolecular Hbond substituents is 1. The van der Waals surface area contributed by atoms with Gasteiger partial charge in [0.15, 0.2) is 17.4 Å². The Kier molecular flexibility index (Phi) is 17.4. The number of nitrogens with zero attached hydrogens (tertiary/aromatic N) is 12. The molecule has 91 heavy (non-hydrogen) atoms. The maximum Gasteiger partial charge on any atom is 0.410 e. The lowest BCUT2D eigenvalue weighted by Crippen LogP contribution is -2.57. The van der Waals surface area contributed by atoms with Gasteiger partial charge in [0.1, 0.15) is 58.4 Å². The first-order chi connectivity index (χ1) is 43.5. The minimum atomic E-state index is -1.44. The number of alkyl halides is 1. The van der Waals surface area contributed by atoms with Crippen LogP contribution in [0.5, 0.6) is 11.8 Å². The van der Waals surface area contributed by atoms with E-state index < -0.39 is 47.1 Å². The van der Waals surface area contributed by atoms with Gasteiger partial charge in [-0.05, 0) is 100 Å². The fourth-order valence-corrected chi connectivity index (χ4v) is 13.9. The largest absolute Gasteiger partial charge is 0.508 e. The number of likely N-dealkylation sites (tertiary alicyclic amines) is 2. The predicted octanol–water partition coefficient (Wildman–Crippen LogP) is 8.37. The molecular weight excluding hydrogens is 1170 g/mol. The standard InChI is InChI=1S/C67H78F3N13O8/c1-9-48-51(68)17-14-43-30-46(84)31-49(57(43)48)59-58(69)60-50(34-71-59)61(81-35-44-15-16-45(36-81)83(44)65(88)90-66(5,6)7)75-64(74-60)89-29-28-78-22-19-67(70,20-23-78)38-79-24-26-80(27-25-79)55-33-54(91-76-55)56(39(2)3)63(87)82-37-47(85)32-53(82)62(86)73-40(4)41-10-12-42(13-11-41)52-18-21-72-77(52)8/h1,10-14,17-18,21,30-31,33-34,39-40,44-45,47,53,56,84-85H,15-16,19-20,22-29,32,35-38H2,2-8H3,(H,73,86)/t40-,44?,45?,47+,53-,56-/m0/s1. The summed E-state index contributed by atoms with van der Waals surface area (Å²) >= 11 is 0. The van der Waals surface area contributed by atoms with Gasteiger partial charge in [-0.1, -0.05) is 55.3 Å². The molecule has 0 aliphatic carbocycles. The Balaban J connectivity index is 0.663. The molecule has 2 unspecified atom stereocenters. The molecule has 6 atom stereocenters. The quantitative estimate of drug-likeness (QED) is 0.0773. The van der Waals surface area contributed by atoms with E-state index >= 15 is 13.2 Å². The molecule has 5 fully saturated rings. The first-order valence-corrected chi connectivity index (χ1v) is 31.4. The van der Waals surface area contributed by atoms with E-state index in [-0.39, 0.29) is 107 Å². The van der Waals surface area contributed by atoms with E-state index in [4.69, 9.17) is 25.4 Å². The molecule has 480 valence electrons. The predicted molar refractivity (Wildman–Crippen MR) is 336 cm³/mol. The summed E-state index contributed by atoms with van der Waals surface area (Å²) in [7, 11) is 1.88. The molecule has 4 aromatic heterocycles. The Morgan fingerprint density at radius 3 is 2.31 bits per heavy atom. The van der Waals surface area contributed by atoms with Crippen molar-refractivity contribution in [1.82, 2.24) is 54.8 Å². The number of nitrogens with one attached hydrogen (secondary N) is 1. The number of terminal acetylenes is 1. The smallest absolute Gasteiger partial charge is 0.410 e. The highest BCUT2D eigenvalue weighted by Crippen LogP contribution is 2.42.